The first-order valence-corrected chi connectivity index (χ1v) is 9.91. The zero-order chi connectivity index (χ0) is 20.8. The fraction of sp³-hybridized carbons (Fsp3) is 0.294. The van der Waals surface area contributed by atoms with E-state index in [0.29, 0.717) is 28.2 Å². The van der Waals surface area contributed by atoms with E-state index in [0.717, 1.165) is 0 Å². The molecule has 5 nitrogen and oxygen atoms in total. The van der Waals surface area contributed by atoms with Gasteiger partial charge in [0.05, 0.1) is 26.6 Å². The van der Waals surface area contributed by atoms with Gasteiger partial charge in [-0.15, -0.1) is 11.3 Å². The third-order valence-corrected chi connectivity index (χ3v) is 6.65. The van der Waals surface area contributed by atoms with E-state index in [-0.39, 0.29) is 38.1 Å². The molecule has 0 spiro atoms. The number of carbonyl (C=O) groups is 2. The van der Waals surface area contributed by atoms with Crippen molar-refractivity contribution in [2.75, 3.05) is 0 Å². The molecular weight excluding hydrogens is 439 g/mol. The summed E-state index contributed by atoms with van der Waals surface area (Å²) >= 11 is 6.59. The summed E-state index contributed by atoms with van der Waals surface area (Å²) in [5.74, 6) is -1.87. The summed E-state index contributed by atoms with van der Waals surface area (Å²) in [5, 5.41) is 19.1. The minimum Gasteiger partial charge on any atom is -0.507 e. The number of aliphatic hydroxyl groups excluding tert-OH is 1. The molecule has 3 rings (SSSR count). The summed E-state index contributed by atoms with van der Waals surface area (Å²) in [6.07, 6.45) is 1.23. The number of fused-ring (bicyclic) bond motifs is 1. The van der Waals surface area contributed by atoms with E-state index >= 15 is 0 Å². The largest absolute Gasteiger partial charge is 0.507 e. The van der Waals surface area contributed by atoms with Crippen LogP contribution >= 0.6 is 34.7 Å². The van der Waals surface area contributed by atoms with Crippen LogP contribution < -0.4 is 0 Å². The normalized spacial score (nSPS) is 19.8. The molecule has 2 N–H and O–H groups in total. The number of carboxylic acids is 1. The first-order valence-electron chi connectivity index (χ1n) is 7.89. The van der Waals surface area contributed by atoms with Crippen molar-refractivity contribution >= 4 is 46.6 Å². The van der Waals surface area contributed by atoms with E-state index in [1.807, 2.05) is 0 Å². The molecule has 11 heteroatoms. The van der Waals surface area contributed by atoms with Gasteiger partial charge in [-0.3, -0.25) is 9.59 Å². The van der Waals surface area contributed by atoms with E-state index in [1.54, 1.807) is 6.92 Å². The van der Waals surface area contributed by atoms with E-state index in [4.69, 9.17) is 11.6 Å². The van der Waals surface area contributed by atoms with Gasteiger partial charge in [0, 0.05) is 11.3 Å². The van der Waals surface area contributed by atoms with Gasteiger partial charge >= 0.3 is 11.5 Å². The number of thioether (sulfide) groups is 1. The molecule has 1 unspecified atom stereocenters. The van der Waals surface area contributed by atoms with Gasteiger partial charge in [-0.25, -0.2) is 0 Å². The molecule has 0 saturated heterocycles. The molecule has 1 aromatic rings. The van der Waals surface area contributed by atoms with Crippen LogP contribution in [0.15, 0.2) is 50.1 Å². The van der Waals surface area contributed by atoms with Crippen molar-refractivity contribution in [3.05, 3.63) is 50.7 Å². The van der Waals surface area contributed by atoms with Crippen LogP contribution in [0.2, 0.25) is 0 Å². The number of aliphatic hydroxyl groups is 1. The van der Waals surface area contributed by atoms with Crippen molar-refractivity contribution in [3.8, 4) is 0 Å². The third-order valence-electron chi connectivity index (χ3n) is 4.32. The van der Waals surface area contributed by atoms with Crippen LogP contribution in [-0.4, -0.2) is 38.5 Å². The molecule has 2 aliphatic rings. The lowest BCUT2D eigenvalue weighted by atomic mass is 9.92. The molecule has 0 fully saturated rings. The summed E-state index contributed by atoms with van der Waals surface area (Å²) in [5.41, 5.74) is -3.43. The number of thiophene rings is 1. The average Bonchev–Trinajstić information content (AvgIpc) is 3.12. The van der Waals surface area contributed by atoms with E-state index in [2.05, 4.69) is 0 Å². The summed E-state index contributed by atoms with van der Waals surface area (Å²) < 4.78 is 37.6. The number of alkyl halides is 3. The number of aliphatic carboxylic acids is 1. The minimum absolute atomic E-state index is 0.0263. The number of carboxylic acid groups (broad SMARTS) is 1. The molecule has 1 amide bonds. The molecule has 0 radical (unpaired) electrons. The standard InChI is InChI=1S/C17H13ClF3NO4S2/c1-7-8(6-12(24)25)14-9(2-3-10(23)15(14)18)22(7)16(26)11-4-5-13(27-11)28-17(19,20)21/h3-5,9,23H,2,6H2,1H3,(H,24,25). The zero-order valence-electron chi connectivity index (χ0n) is 14.2. The Hall–Kier alpha value is -1.91. The first-order chi connectivity index (χ1) is 13.0. The van der Waals surface area contributed by atoms with Crippen LogP contribution in [0, 0.1) is 0 Å². The summed E-state index contributed by atoms with van der Waals surface area (Å²) in [7, 11) is 0. The predicted octanol–water partition coefficient (Wildman–Crippen LogP) is 5.27. The number of hydrogen-bond donors (Lipinski definition) is 2. The van der Waals surface area contributed by atoms with Gasteiger partial charge in [-0.1, -0.05) is 11.6 Å². The lowest BCUT2D eigenvalue weighted by Gasteiger charge is -2.28. The van der Waals surface area contributed by atoms with Crippen molar-refractivity contribution in [2.45, 2.75) is 35.5 Å². The Bertz CT molecular complexity index is 948. The van der Waals surface area contributed by atoms with Crippen LogP contribution in [0.3, 0.4) is 0 Å². The van der Waals surface area contributed by atoms with Gasteiger partial charge in [0.1, 0.15) is 5.76 Å². The second-order valence-electron chi connectivity index (χ2n) is 6.04. The van der Waals surface area contributed by atoms with E-state index in [9.17, 15) is 33.0 Å². The SMILES string of the molecule is CC1=C(CC(=O)O)C2=C(Cl)C(O)=CCC2N1C(=O)c1ccc(SC(F)(F)F)s1. The summed E-state index contributed by atoms with van der Waals surface area (Å²) in [6, 6.07) is 1.91. The van der Waals surface area contributed by atoms with Gasteiger partial charge in [0.15, 0.2) is 0 Å². The van der Waals surface area contributed by atoms with Crippen LogP contribution in [0.4, 0.5) is 13.2 Å². The smallest absolute Gasteiger partial charge is 0.447 e. The van der Waals surface area contributed by atoms with Crippen LogP contribution in [0.25, 0.3) is 0 Å². The molecule has 0 bridgehead atoms. The molecule has 1 atom stereocenters. The highest BCUT2D eigenvalue weighted by atomic mass is 35.5. The Morgan fingerprint density at radius 1 is 1.39 bits per heavy atom. The van der Waals surface area contributed by atoms with Gasteiger partial charge in [0.2, 0.25) is 0 Å². The second-order valence-corrected chi connectivity index (χ2v) is 8.87. The highest BCUT2D eigenvalue weighted by Gasteiger charge is 2.42. The molecule has 1 aromatic heterocycles. The molecule has 2 heterocycles. The Labute approximate surface area is 170 Å². The number of allylic oxidation sites excluding steroid dienone is 2. The first kappa shape index (κ1) is 20.8. The van der Waals surface area contributed by atoms with Gasteiger partial charge in [-0.2, -0.15) is 13.2 Å². The summed E-state index contributed by atoms with van der Waals surface area (Å²) in [4.78, 5) is 25.7. The maximum Gasteiger partial charge on any atom is 0.447 e. The zero-order valence-corrected chi connectivity index (χ0v) is 16.6. The van der Waals surface area contributed by atoms with Crippen molar-refractivity contribution in [1.82, 2.24) is 4.90 Å². The highest BCUT2D eigenvalue weighted by molar-refractivity contribution is 8.02. The molecule has 0 saturated carbocycles. The number of rotatable bonds is 4. The van der Waals surface area contributed by atoms with Gasteiger partial charge in [0.25, 0.3) is 5.91 Å². The highest BCUT2D eigenvalue weighted by Crippen LogP contribution is 2.46. The molecule has 1 aliphatic carbocycles. The fourth-order valence-corrected chi connectivity index (χ4v) is 5.32. The predicted molar refractivity (Wildman–Crippen MR) is 99.3 cm³/mol. The lowest BCUT2D eigenvalue weighted by Crippen LogP contribution is -2.36. The number of amides is 1. The van der Waals surface area contributed by atoms with Crippen molar-refractivity contribution in [2.24, 2.45) is 0 Å². The Morgan fingerprint density at radius 2 is 2.07 bits per heavy atom. The van der Waals surface area contributed by atoms with E-state index < -0.39 is 29.8 Å². The number of halogens is 4. The van der Waals surface area contributed by atoms with Crippen LogP contribution in [0.5, 0.6) is 0 Å². The van der Waals surface area contributed by atoms with Crippen LogP contribution in [0.1, 0.15) is 29.4 Å². The van der Waals surface area contributed by atoms with Crippen molar-refractivity contribution in [1.29, 1.82) is 0 Å². The van der Waals surface area contributed by atoms with Gasteiger partial charge in [-0.05, 0) is 48.9 Å². The van der Waals surface area contributed by atoms with Crippen LogP contribution in [-0.2, 0) is 4.79 Å². The molecule has 1 aliphatic heterocycles. The van der Waals surface area contributed by atoms with E-state index in [1.165, 1.54) is 23.1 Å². The minimum atomic E-state index is -4.46. The maximum atomic E-state index is 13.0. The monoisotopic (exact) mass is 451 g/mol. The summed E-state index contributed by atoms with van der Waals surface area (Å²) in [6.45, 7) is 1.56. The topological polar surface area (TPSA) is 77.8 Å². The molecule has 0 aromatic carbocycles. The fourth-order valence-electron chi connectivity index (χ4n) is 3.25. The second kappa shape index (κ2) is 7.49. The third kappa shape index (κ3) is 3.94. The number of hydrogen-bond acceptors (Lipinski definition) is 5. The molecular formula is C17H13ClF3NO4S2. The number of nitrogens with zero attached hydrogens (tertiary/aromatic N) is 1. The average molecular weight is 452 g/mol. The maximum absolute atomic E-state index is 13.0. The quantitative estimate of drug-likeness (QED) is 0.609. The van der Waals surface area contributed by atoms with Gasteiger partial charge < -0.3 is 15.1 Å². The molecule has 150 valence electrons. The number of carbonyl (C=O) groups excluding carboxylic acids is 1. The Morgan fingerprint density at radius 3 is 2.68 bits per heavy atom. The Balaban J connectivity index is 1.98. The Kier molecular flexibility index (Phi) is 5.57. The van der Waals surface area contributed by atoms with Crippen molar-refractivity contribution < 1.29 is 33.0 Å². The lowest BCUT2D eigenvalue weighted by molar-refractivity contribution is -0.136. The molecule has 28 heavy (non-hydrogen) atoms. The van der Waals surface area contributed by atoms with Crippen molar-refractivity contribution in [3.63, 3.8) is 0 Å².